The minimum Gasteiger partial charge on any atom is -0.481 e. The van der Waals surface area contributed by atoms with E-state index in [-0.39, 0.29) is 29.6 Å². The van der Waals surface area contributed by atoms with Gasteiger partial charge in [0.1, 0.15) is 6.04 Å². The summed E-state index contributed by atoms with van der Waals surface area (Å²) >= 11 is 0. The molecule has 0 spiro atoms. The molecule has 0 aliphatic heterocycles. The van der Waals surface area contributed by atoms with Crippen LogP contribution in [0.5, 0.6) is 0 Å². The number of unbranched alkanes of at least 4 members (excludes halogenated alkanes) is 6. The van der Waals surface area contributed by atoms with E-state index in [4.69, 9.17) is 21.1 Å². The van der Waals surface area contributed by atoms with Gasteiger partial charge in [-0.2, -0.15) is 0 Å². The number of hydrogen-bond acceptors (Lipinski definition) is 4. The summed E-state index contributed by atoms with van der Waals surface area (Å²) in [6.45, 7) is 2.20. The van der Waals surface area contributed by atoms with Gasteiger partial charge in [0, 0.05) is 36.0 Å². The molecule has 0 amide bonds. The number of rotatable bonds is 11. The topological polar surface area (TPSA) is 138 Å². The first-order valence-corrected chi connectivity index (χ1v) is 7.23. The molecule has 1 atom stereocenters. The van der Waals surface area contributed by atoms with E-state index < -0.39 is 30.4 Å². The zero-order valence-corrected chi connectivity index (χ0v) is 15.6. The van der Waals surface area contributed by atoms with E-state index in [1.54, 1.807) is 0 Å². The Labute approximate surface area is 153 Å². The Kier molecular flexibility index (Phi) is 22.0. The van der Waals surface area contributed by atoms with Gasteiger partial charge >= 0.3 is 17.9 Å². The zero-order valence-electron chi connectivity index (χ0n) is 13.6. The van der Waals surface area contributed by atoms with Crippen LogP contribution in [0.4, 0.5) is 0 Å². The molecule has 0 aromatic heterocycles. The molecular weight excluding hydrogens is 301 g/mol. The van der Waals surface area contributed by atoms with Crippen LogP contribution in [0, 0.1) is 0 Å². The molecule has 7 nitrogen and oxygen atoms in total. The van der Waals surface area contributed by atoms with Gasteiger partial charge in [-0.3, -0.25) is 14.4 Å². The van der Waals surface area contributed by atoms with E-state index in [0.29, 0.717) is 6.42 Å². The van der Waals surface area contributed by atoms with Crippen molar-refractivity contribution in [1.82, 2.24) is 0 Å². The molecule has 0 aromatic rings. The molecule has 8 heteroatoms. The minimum absolute atomic E-state index is 0. The molecule has 0 fully saturated rings. The molecule has 0 aliphatic rings. The van der Waals surface area contributed by atoms with Crippen LogP contribution in [0.15, 0.2) is 0 Å². The number of aliphatic carboxylic acids is 3. The third kappa shape index (κ3) is 24.4. The fraction of sp³-hybridized carbons (Fsp3) is 0.786. The molecular formula is C14H27NNaO6. The second kappa shape index (κ2) is 18.4. The van der Waals surface area contributed by atoms with Crippen LogP contribution in [-0.2, 0) is 14.4 Å². The van der Waals surface area contributed by atoms with Crippen molar-refractivity contribution in [3.8, 4) is 0 Å². The zero-order chi connectivity index (χ0) is 16.7. The van der Waals surface area contributed by atoms with Gasteiger partial charge < -0.3 is 21.1 Å². The van der Waals surface area contributed by atoms with E-state index in [0.717, 1.165) is 12.8 Å². The quantitative estimate of drug-likeness (QED) is 0.334. The normalized spacial score (nSPS) is 10.6. The monoisotopic (exact) mass is 328 g/mol. The second-order valence-corrected chi connectivity index (χ2v) is 4.81. The van der Waals surface area contributed by atoms with Gasteiger partial charge in [0.05, 0.1) is 6.42 Å². The predicted molar refractivity (Wildman–Crippen MR) is 83.9 cm³/mol. The predicted octanol–water partition coefficient (Wildman–Crippen LogP) is 1.70. The maximum Gasteiger partial charge on any atom is 0.321 e. The van der Waals surface area contributed by atoms with Crippen molar-refractivity contribution in [3.05, 3.63) is 0 Å². The molecule has 0 unspecified atom stereocenters. The fourth-order valence-electron chi connectivity index (χ4n) is 1.51. The third-order valence-corrected chi connectivity index (χ3v) is 2.71. The molecule has 1 radical (unpaired) electrons. The molecule has 0 aromatic carbocycles. The van der Waals surface area contributed by atoms with Crippen LogP contribution in [0.2, 0.25) is 0 Å². The maximum atomic E-state index is 10.1. The van der Waals surface area contributed by atoms with Crippen molar-refractivity contribution in [2.75, 3.05) is 0 Å². The molecule has 125 valence electrons. The fourth-order valence-corrected chi connectivity index (χ4v) is 1.51. The minimum atomic E-state index is -1.29. The Hall–Kier alpha value is -0.630. The molecule has 0 bridgehead atoms. The van der Waals surface area contributed by atoms with Crippen molar-refractivity contribution in [3.63, 3.8) is 0 Å². The Morgan fingerprint density at radius 1 is 0.864 bits per heavy atom. The Morgan fingerprint density at radius 2 is 1.32 bits per heavy atom. The van der Waals surface area contributed by atoms with Crippen LogP contribution in [0.1, 0.15) is 64.7 Å². The summed E-state index contributed by atoms with van der Waals surface area (Å²) in [5.74, 6) is -3.16. The van der Waals surface area contributed by atoms with Gasteiger partial charge in [0.15, 0.2) is 0 Å². The number of nitrogens with two attached hydrogens (primary N) is 1. The maximum absolute atomic E-state index is 10.1. The second-order valence-electron chi connectivity index (χ2n) is 4.81. The summed E-state index contributed by atoms with van der Waals surface area (Å²) in [5.41, 5.74) is 4.84. The van der Waals surface area contributed by atoms with Gasteiger partial charge in [-0.1, -0.05) is 45.4 Å². The Balaban J connectivity index is -0.000000326. The third-order valence-electron chi connectivity index (χ3n) is 2.71. The molecule has 5 N–H and O–H groups in total. The van der Waals surface area contributed by atoms with Crippen LogP contribution >= 0.6 is 0 Å². The van der Waals surface area contributed by atoms with E-state index in [1.807, 2.05) is 0 Å². The summed E-state index contributed by atoms with van der Waals surface area (Å²) in [7, 11) is 0. The van der Waals surface area contributed by atoms with Gasteiger partial charge in [-0.15, -0.1) is 0 Å². The summed E-state index contributed by atoms with van der Waals surface area (Å²) in [6.07, 6.45) is 8.11. The molecule has 0 rings (SSSR count). The van der Waals surface area contributed by atoms with Crippen LogP contribution in [0.25, 0.3) is 0 Å². The summed E-state index contributed by atoms with van der Waals surface area (Å²) < 4.78 is 0. The summed E-state index contributed by atoms with van der Waals surface area (Å²) in [6, 6.07) is -1.29. The molecule has 0 aliphatic carbocycles. The standard InChI is InChI=1S/C10H20O2.C4H7NO4.Na/c1-2-3-4-5-6-7-8-9-10(11)12;5-2(4(8)9)1-3(6)7;/h2-9H2,1H3,(H,11,12);2H,1,5H2,(H,6,7)(H,8,9);/t;2-;/m.0./s1. The molecule has 0 saturated heterocycles. The van der Waals surface area contributed by atoms with Gasteiger partial charge in [-0.25, -0.2) is 0 Å². The van der Waals surface area contributed by atoms with E-state index in [1.165, 1.54) is 32.1 Å². The Morgan fingerprint density at radius 3 is 1.64 bits per heavy atom. The molecule has 22 heavy (non-hydrogen) atoms. The van der Waals surface area contributed by atoms with Crippen LogP contribution in [0.3, 0.4) is 0 Å². The first-order valence-electron chi connectivity index (χ1n) is 7.23. The smallest absolute Gasteiger partial charge is 0.321 e. The number of carboxylic acid groups (broad SMARTS) is 3. The van der Waals surface area contributed by atoms with Crippen LogP contribution in [-0.4, -0.2) is 68.8 Å². The average Bonchev–Trinajstić information content (AvgIpc) is 2.37. The van der Waals surface area contributed by atoms with Crippen molar-refractivity contribution in [2.45, 2.75) is 70.8 Å². The summed E-state index contributed by atoms with van der Waals surface area (Å²) in [5, 5.41) is 24.4. The van der Waals surface area contributed by atoms with Crippen molar-refractivity contribution >= 4 is 47.5 Å². The van der Waals surface area contributed by atoms with Crippen molar-refractivity contribution in [2.24, 2.45) is 5.73 Å². The molecule has 0 heterocycles. The van der Waals surface area contributed by atoms with Crippen molar-refractivity contribution < 1.29 is 29.7 Å². The summed E-state index contributed by atoms with van der Waals surface area (Å²) in [4.78, 5) is 29.8. The first kappa shape index (κ1) is 26.3. The Bertz CT molecular complexity index is 312. The van der Waals surface area contributed by atoms with Gasteiger partial charge in [0.25, 0.3) is 0 Å². The van der Waals surface area contributed by atoms with E-state index in [2.05, 4.69) is 6.92 Å². The number of hydrogen-bond donors (Lipinski definition) is 4. The van der Waals surface area contributed by atoms with Gasteiger partial charge in [-0.05, 0) is 6.42 Å². The largest absolute Gasteiger partial charge is 0.481 e. The number of carbonyl (C=O) groups is 3. The van der Waals surface area contributed by atoms with Crippen molar-refractivity contribution in [1.29, 1.82) is 0 Å². The average molecular weight is 328 g/mol. The first-order chi connectivity index (χ1) is 9.81. The van der Waals surface area contributed by atoms with E-state index in [9.17, 15) is 14.4 Å². The van der Waals surface area contributed by atoms with E-state index >= 15 is 0 Å². The molecule has 0 saturated carbocycles. The number of carboxylic acids is 3. The van der Waals surface area contributed by atoms with Gasteiger partial charge in [0.2, 0.25) is 0 Å². The SMILES string of the molecule is CCCCCCCCCC(=O)O.N[C@@H](CC(=O)O)C(=O)O.[Na]. The van der Waals surface area contributed by atoms with Crippen LogP contribution < -0.4 is 5.73 Å².